The second-order valence-electron chi connectivity index (χ2n) is 6.19. The maximum atomic E-state index is 13.0. The molecule has 0 saturated carbocycles. The first kappa shape index (κ1) is 18.8. The minimum absolute atomic E-state index is 0.148. The van der Waals surface area contributed by atoms with Crippen molar-refractivity contribution >= 4 is 45.5 Å². The Kier molecular flexibility index (Phi) is 5.14. The zero-order valence-corrected chi connectivity index (χ0v) is 16.6. The van der Waals surface area contributed by atoms with Crippen molar-refractivity contribution < 1.29 is 19.1 Å². The van der Waals surface area contributed by atoms with Crippen LogP contribution in [-0.2, 0) is 9.59 Å². The Morgan fingerprint density at radius 1 is 1.04 bits per heavy atom. The molecule has 0 aromatic heterocycles. The summed E-state index contributed by atoms with van der Waals surface area (Å²) in [5.41, 5.74) is 2.61. The van der Waals surface area contributed by atoms with E-state index in [4.69, 9.17) is 4.74 Å². The summed E-state index contributed by atoms with van der Waals surface area (Å²) in [5.74, 6) is -0.926. The predicted octanol–water partition coefficient (Wildman–Crippen LogP) is 3.74. The lowest BCUT2D eigenvalue weighted by atomic mass is 10.0. The van der Waals surface area contributed by atoms with Crippen LogP contribution in [0.15, 0.2) is 46.4 Å². The first-order chi connectivity index (χ1) is 12.8. The Hall–Kier alpha value is -2.93. The number of imide groups is 2. The van der Waals surface area contributed by atoms with Crippen molar-refractivity contribution in [2.75, 3.05) is 12.0 Å². The van der Waals surface area contributed by atoms with Gasteiger partial charge >= 0.3 is 6.03 Å². The molecule has 1 N–H and O–H groups in total. The predicted molar refractivity (Wildman–Crippen MR) is 106 cm³/mol. The van der Waals surface area contributed by atoms with Gasteiger partial charge in [-0.15, -0.1) is 0 Å². The molecule has 0 spiro atoms. The zero-order valence-electron chi connectivity index (χ0n) is 15.0. The van der Waals surface area contributed by atoms with Gasteiger partial charge in [0.05, 0.1) is 12.8 Å². The highest BCUT2D eigenvalue weighted by Gasteiger charge is 2.37. The van der Waals surface area contributed by atoms with Gasteiger partial charge in [-0.05, 0) is 61.4 Å². The monoisotopic (exact) mass is 428 g/mol. The molecule has 0 unspecified atom stereocenters. The zero-order chi connectivity index (χ0) is 19.7. The lowest BCUT2D eigenvalue weighted by Gasteiger charge is -2.27. The van der Waals surface area contributed by atoms with E-state index in [1.807, 2.05) is 19.9 Å². The number of hydrogen-bond acceptors (Lipinski definition) is 4. The van der Waals surface area contributed by atoms with Crippen molar-refractivity contribution in [3.05, 3.63) is 63.1 Å². The van der Waals surface area contributed by atoms with Crippen LogP contribution < -0.4 is 15.0 Å². The Morgan fingerprint density at radius 2 is 1.70 bits per heavy atom. The van der Waals surface area contributed by atoms with Crippen molar-refractivity contribution in [1.82, 2.24) is 5.32 Å². The number of nitrogens with one attached hydrogen (secondary N) is 1. The summed E-state index contributed by atoms with van der Waals surface area (Å²) in [6.07, 6.45) is 1.42. The van der Waals surface area contributed by atoms with E-state index in [0.717, 1.165) is 20.5 Å². The summed E-state index contributed by atoms with van der Waals surface area (Å²) in [6.45, 7) is 3.74. The number of barbiturate groups is 1. The van der Waals surface area contributed by atoms with Crippen LogP contribution in [0, 0.1) is 13.8 Å². The Morgan fingerprint density at radius 3 is 2.33 bits per heavy atom. The number of aryl methyl sites for hydroxylation is 2. The van der Waals surface area contributed by atoms with E-state index in [1.165, 1.54) is 13.2 Å². The number of urea groups is 1. The van der Waals surface area contributed by atoms with E-state index in [1.54, 1.807) is 30.3 Å². The summed E-state index contributed by atoms with van der Waals surface area (Å²) in [5, 5.41) is 2.23. The van der Waals surface area contributed by atoms with Gasteiger partial charge < -0.3 is 4.74 Å². The number of benzene rings is 2. The number of methoxy groups -OCH3 is 1. The van der Waals surface area contributed by atoms with Gasteiger partial charge in [0.15, 0.2) is 0 Å². The van der Waals surface area contributed by atoms with Crippen molar-refractivity contribution in [1.29, 1.82) is 0 Å². The molecule has 138 valence electrons. The summed E-state index contributed by atoms with van der Waals surface area (Å²) >= 11 is 3.36. The van der Waals surface area contributed by atoms with E-state index in [2.05, 4.69) is 21.2 Å². The molecule has 3 rings (SSSR count). The maximum absolute atomic E-state index is 13.0. The molecular weight excluding hydrogens is 412 g/mol. The lowest BCUT2D eigenvalue weighted by Crippen LogP contribution is -2.54. The third kappa shape index (κ3) is 3.78. The SMILES string of the molecule is COc1ccc(Br)cc1/C=C1/C(=O)NC(=O)N(c2cc(C)cc(C)c2)C1=O. The van der Waals surface area contributed by atoms with Crippen LogP contribution in [0.4, 0.5) is 10.5 Å². The van der Waals surface area contributed by atoms with Gasteiger partial charge in [-0.25, -0.2) is 9.69 Å². The molecule has 1 fully saturated rings. The molecule has 1 aliphatic heterocycles. The van der Waals surface area contributed by atoms with Gasteiger partial charge in [-0.3, -0.25) is 14.9 Å². The summed E-state index contributed by atoms with van der Waals surface area (Å²) in [6, 6.07) is 9.83. The van der Waals surface area contributed by atoms with Crippen LogP contribution in [0.2, 0.25) is 0 Å². The number of anilines is 1. The molecule has 1 aliphatic rings. The van der Waals surface area contributed by atoms with Crippen LogP contribution >= 0.6 is 15.9 Å². The molecule has 7 heteroatoms. The maximum Gasteiger partial charge on any atom is 0.335 e. The van der Waals surface area contributed by atoms with E-state index >= 15 is 0 Å². The van der Waals surface area contributed by atoms with Crippen molar-refractivity contribution in [2.45, 2.75) is 13.8 Å². The second kappa shape index (κ2) is 7.36. The molecule has 0 atom stereocenters. The molecular formula is C20H17BrN2O4. The Balaban J connectivity index is 2.09. The summed E-state index contributed by atoms with van der Waals surface area (Å²) in [7, 11) is 1.50. The van der Waals surface area contributed by atoms with Crippen molar-refractivity contribution in [3.63, 3.8) is 0 Å². The number of carbonyl (C=O) groups excluding carboxylic acids is 3. The Labute approximate surface area is 164 Å². The molecule has 0 bridgehead atoms. The molecule has 6 nitrogen and oxygen atoms in total. The van der Waals surface area contributed by atoms with E-state index in [0.29, 0.717) is 17.0 Å². The first-order valence-electron chi connectivity index (χ1n) is 8.13. The van der Waals surface area contributed by atoms with Crippen molar-refractivity contribution in [2.24, 2.45) is 0 Å². The van der Waals surface area contributed by atoms with Gasteiger partial charge in [0.1, 0.15) is 11.3 Å². The fourth-order valence-corrected chi connectivity index (χ4v) is 3.32. The molecule has 0 radical (unpaired) electrons. The number of halogens is 1. The average Bonchev–Trinajstić information content (AvgIpc) is 2.57. The van der Waals surface area contributed by atoms with Crippen LogP contribution in [0.5, 0.6) is 5.75 Å². The summed E-state index contributed by atoms with van der Waals surface area (Å²) in [4.78, 5) is 38.6. The first-order valence-corrected chi connectivity index (χ1v) is 8.92. The molecule has 2 aromatic rings. The molecule has 1 heterocycles. The third-order valence-corrected chi connectivity index (χ3v) is 4.55. The number of ether oxygens (including phenoxy) is 1. The van der Waals surface area contributed by atoms with Gasteiger partial charge in [-0.1, -0.05) is 22.0 Å². The number of hydrogen-bond donors (Lipinski definition) is 1. The lowest BCUT2D eigenvalue weighted by molar-refractivity contribution is -0.122. The molecule has 27 heavy (non-hydrogen) atoms. The van der Waals surface area contributed by atoms with Gasteiger partial charge in [-0.2, -0.15) is 0 Å². The number of amides is 4. The molecule has 0 aliphatic carbocycles. The summed E-state index contributed by atoms with van der Waals surface area (Å²) < 4.78 is 6.05. The number of nitrogens with zero attached hydrogens (tertiary/aromatic N) is 1. The number of rotatable bonds is 3. The fourth-order valence-electron chi connectivity index (χ4n) is 2.95. The molecule has 4 amide bonds. The molecule has 2 aromatic carbocycles. The Bertz CT molecular complexity index is 977. The van der Waals surface area contributed by atoms with Gasteiger partial charge in [0, 0.05) is 10.0 Å². The minimum Gasteiger partial charge on any atom is -0.496 e. The van der Waals surface area contributed by atoms with Gasteiger partial charge in [0.2, 0.25) is 0 Å². The topological polar surface area (TPSA) is 75.7 Å². The highest BCUT2D eigenvalue weighted by Crippen LogP contribution is 2.28. The second-order valence-corrected chi connectivity index (χ2v) is 7.11. The van der Waals surface area contributed by atoms with Crippen LogP contribution in [0.25, 0.3) is 6.08 Å². The average molecular weight is 429 g/mol. The standard InChI is InChI=1S/C20H17BrN2O4/c1-11-6-12(2)8-15(7-11)23-19(25)16(18(24)22-20(23)26)10-13-9-14(21)4-5-17(13)27-3/h4-10H,1-3H3,(H,22,24,26)/b16-10-. The normalized spacial score (nSPS) is 15.9. The highest BCUT2D eigenvalue weighted by atomic mass is 79.9. The fraction of sp³-hybridized carbons (Fsp3) is 0.150. The largest absolute Gasteiger partial charge is 0.496 e. The highest BCUT2D eigenvalue weighted by molar-refractivity contribution is 9.10. The quantitative estimate of drug-likeness (QED) is 0.596. The number of carbonyl (C=O) groups is 3. The van der Waals surface area contributed by atoms with Crippen LogP contribution in [0.1, 0.15) is 16.7 Å². The smallest absolute Gasteiger partial charge is 0.335 e. The minimum atomic E-state index is -0.770. The van der Waals surface area contributed by atoms with Crippen LogP contribution in [-0.4, -0.2) is 25.0 Å². The van der Waals surface area contributed by atoms with Gasteiger partial charge in [0.25, 0.3) is 11.8 Å². The van der Waals surface area contributed by atoms with Crippen molar-refractivity contribution in [3.8, 4) is 5.75 Å². The van der Waals surface area contributed by atoms with E-state index in [-0.39, 0.29) is 5.57 Å². The molecule has 1 saturated heterocycles. The third-order valence-electron chi connectivity index (χ3n) is 4.06. The van der Waals surface area contributed by atoms with E-state index in [9.17, 15) is 14.4 Å². The van der Waals surface area contributed by atoms with E-state index < -0.39 is 17.8 Å². The van der Waals surface area contributed by atoms with Crippen LogP contribution in [0.3, 0.4) is 0 Å².